The summed E-state index contributed by atoms with van der Waals surface area (Å²) in [7, 11) is 1.96. The van der Waals surface area contributed by atoms with Gasteiger partial charge in [0.05, 0.1) is 22.2 Å². The van der Waals surface area contributed by atoms with Crippen LogP contribution in [0.4, 0.5) is 0 Å². The van der Waals surface area contributed by atoms with E-state index >= 15 is 0 Å². The molecule has 170 valence electrons. The lowest BCUT2D eigenvalue weighted by atomic mass is 9.74. The van der Waals surface area contributed by atoms with Gasteiger partial charge in [-0.2, -0.15) is 5.26 Å². The van der Waals surface area contributed by atoms with Gasteiger partial charge in [-0.05, 0) is 54.9 Å². The molecule has 1 N–H and O–H groups in total. The van der Waals surface area contributed by atoms with Crippen LogP contribution in [-0.4, -0.2) is 45.2 Å². The number of hydrogen-bond acceptors (Lipinski definition) is 4. The Morgan fingerprint density at radius 2 is 1.97 bits per heavy atom. The van der Waals surface area contributed by atoms with Gasteiger partial charge in [-0.15, -0.1) is 0 Å². The number of amides is 1. The number of carbonyl (C=O) groups is 1. The van der Waals surface area contributed by atoms with Crippen LogP contribution in [0.1, 0.15) is 52.0 Å². The summed E-state index contributed by atoms with van der Waals surface area (Å²) >= 11 is 13.2. The molecular weight excluding hydrogens is 459 g/mol. The van der Waals surface area contributed by atoms with Gasteiger partial charge in [0.2, 0.25) is 0 Å². The highest BCUT2D eigenvalue weighted by Crippen LogP contribution is 2.39. The molecule has 1 saturated heterocycles. The number of piperidine rings is 1. The molecule has 2 aromatic heterocycles. The SMILES string of the molecule is Cn1c2cc3c(cc(C#N)cc31)CCC1(CO)CCN(CC1)C(=O)c1cnc(Cl)c(c1Cl)C2. The molecule has 1 aromatic carbocycles. The largest absolute Gasteiger partial charge is 0.396 e. The molecule has 3 aliphatic heterocycles. The summed E-state index contributed by atoms with van der Waals surface area (Å²) in [5.74, 6) is -0.150. The molecule has 1 amide bonds. The fraction of sp³-hybridized carbons (Fsp3) is 0.400. The number of rotatable bonds is 1. The minimum Gasteiger partial charge on any atom is -0.396 e. The van der Waals surface area contributed by atoms with Crippen LogP contribution in [0.15, 0.2) is 24.4 Å². The Balaban J connectivity index is 1.73. The van der Waals surface area contributed by atoms with E-state index in [1.165, 1.54) is 6.20 Å². The second-order valence-corrected chi connectivity index (χ2v) is 9.99. The molecule has 3 aromatic rings. The maximum Gasteiger partial charge on any atom is 0.256 e. The van der Waals surface area contributed by atoms with E-state index in [0.717, 1.165) is 35.0 Å². The van der Waals surface area contributed by atoms with Gasteiger partial charge >= 0.3 is 0 Å². The summed E-state index contributed by atoms with van der Waals surface area (Å²) < 4.78 is 2.05. The van der Waals surface area contributed by atoms with E-state index in [-0.39, 0.29) is 23.1 Å². The number of benzene rings is 1. The van der Waals surface area contributed by atoms with Crippen molar-refractivity contribution >= 4 is 40.0 Å². The number of nitrogens with zero attached hydrogens (tertiary/aromatic N) is 4. The van der Waals surface area contributed by atoms with Crippen LogP contribution in [-0.2, 0) is 19.9 Å². The molecule has 0 atom stereocenters. The topological polar surface area (TPSA) is 82.2 Å². The molecule has 6 rings (SSSR count). The maximum atomic E-state index is 13.3. The van der Waals surface area contributed by atoms with Gasteiger partial charge in [-0.3, -0.25) is 4.79 Å². The van der Waals surface area contributed by atoms with Crippen molar-refractivity contribution in [2.24, 2.45) is 12.5 Å². The normalized spacial score (nSPS) is 17.8. The van der Waals surface area contributed by atoms with Crippen LogP contribution in [0.5, 0.6) is 0 Å². The molecule has 1 fully saturated rings. The smallest absolute Gasteiger partial charge is 0.256 e. The highest BCUT2D eigenvalue weighted by Gasteiger charge is 2.36. The van der Waals surface area contributed by atoms with E-state index in [2.05, 4.69) is 17.1 Å². The van der Waals surface area contributed by atoms with Gasteiger partial charge in [-0.25, -0.2) is 4.98 Å². The molecule has 5 heterocycles. The summed E-state index contributed by atoms with van der Waals surface area (Å²) in [6.45, 7) is 1.18. The number of halogens is 2. The van der Waals surface area contributed by atoms with Crippen LogP contribution in [0.25, 0.3) is 10.9 Å². The van der Waals surface area contributed by atoms with Crippen LogP contribution in [0, 0.1) is 16.7 Å². The Bertz CT molecular complexity index is 1320. The fourth-order valence-corrected chi connectivity index (χ4v) is 5.78. The predicted molar refractivity (Wildman–Crippen MR) is 128 cm³/mol. The maximum absolute atomic E-state index is 13.3. The molecular formula is C25H24Cl2N4O2. The summed E-state index contributed by atoms with van der Waals surface area (Å²) in [4.78, 5) is 19.4. The number of hydrogen-bond donors (Lipinski definition) is 1. The van der Waals surface area contributed by atoms with E-state index in [0.29, 0.717) is 54.1 Å². The summed E-state index contributed by atoms with van der Waals surface area (Å²) in [5.41, 5.74) is 4.36. The number of aliphatic hydroxyl groups is 1. The number of aliphatic hydroxyl groups excluding tert-OH is 1. The first-order valence-electron chi connectivity index (χ1n) is 11.1. The first-order valence-corrected chi connectivity index (χ1v) is 11.9. The van der Waals surface area contributed by atoms with Crippen molar-refractivity contribution in [2.45, 2.75) is 32.1 Å². The van der Waals surface area contributed by atoms with Crippen LogP contribution >= 0.6 is 23.2 Å². The van der Waals surface area contributed by atoms with E-state index in [1.54, 1.807) is 4.90 Å². The van der Waals surface area contributed by atoms with Crippen LogP contribution in [0.2, 0.25) is 10.2 Å². The van der Waals surface area contributed by atoms with Crippen LogP contribution < -0.4 is 0 Å². The minimum atomic E-state index is -0.253. The lowest BCUT2D eigenvalue weighted by molar-refractivity contribution is 0.0315. The molecule has 0 unspecified atom stereocenters. The molecule has 3 aliphatic rings. The zero-order chi connectivity index (χ0) is 23.3. The molecule has 33 heavy (non-hydrogen) atoms. The molecule has 8 heteroatoms. The minimum absolute atomic E-state index is 0.0730. The van der Waals surface area contributed by atoms with Gasteiger partial charge in [0.25, 0.3) is 5.91 Å². The molecule has 0 radical (unpaired) electrons. The highest BCUT2D eigenvalue weighted by molar-refractivity contribution is 6.37. The summed E-state index contributed by atoms with van der Waals surface area (Å²) in [5, 5.41) is 21.6. The molecule has 6 bridgehead atoms. The van der Waals surface area contributed by atoms with E-state index in [4.69, 9.17) is 23.2 Å². The number of aryl methyl sites for hydroxylation is 2. The third-order valence-corrected chi connectivity index (χ3v) is 8.25. The zero-order valence-electron chi connectivity index (χ0n) is 18.4. The number of carbonyl (C=O) groups excluding carboxylic acids is 1. The first-order chi connectivity index (χ1) is 15.9. The Labute approximate surface area is 202 Å². The Hall–Kier alpha value is -2.59. The third kappa shape index (κ3) is 3.69. The highest BCUT2D eigenvalue weighted by atomic mass is 35.5. The van der Waals surface area contributed by atoms with Crippen molar-refractivity contribution in [3.8, 4) is 6.07 Å². The fourth-order valence-electron chi connectivity index (χ4n) is 5.23. The lowest BCUT2D eigenvalue weighted by Crippen LogP contribution is -2.45. The van der Waals surface area contributed by atoms with E-state index < -0.39 is 0 Å². The molecule has 0 saturated carbocycles. The van der Waals surface area contributed by atoms with Crippen molar-refractivity contribution in [1.29, 1.82) is 5.26 Å². The lowest BCUT2D eigenvalue weighted by Gasteiger charge is -2.41. The van der Waals surface area contributed by atoms with E-state index in [9.17, 15) is 15.2 Å². The second kappa shape index (κ2) is 8.32. The number of fused-ring (bicyclic) bond motifs is 3. The monoisotopic (exact) mass is 482 g/mol. The number of pyridine rings is 1. The van der Waals surface area contributed by atoms with Crippen molar-refractivity contribution < 1.29 is 9.90 Å². The molecule has 0 aliphatic carbocycles. The Morgan fingerprint density at radius 3 is 2.67 bits per heavy atom. The molecule has 6 nitrogen and oxygen atoms in total. The number of aromatic nitrogens is 2. The number of nitriles is 1. The van der Waals surface area contributed by atoms with Gasteiger partial charge in [-0.1, -0.05) is 23.2 Å². The summed E-state index contributed by atoms with van der Waals surface area (Å²) in [6, 6.07) is 8.25. The standard InChI is InChI=1S/C25H24Cl2N4O2/c1-30-17-10-18-16(8-15(12-28)9-21(18)30)2-3-25(14-32)4-6-31(7-5-25)24(33)20-13-29-23(27)19(11-17)22(20)26/h8-10,13,32H,2-7,11,14H2,1H3. The van der Waals surface area contributed by atoms with Crippen LogP contribution in [0.3, 0.4) is 0 Å². The zero-order valence-corrected chi connectivity index (χ0v) is 19.9. The average molecular weight is 483 g/mol. The van der Waals surface area contributed by atoms with Gasteiger partial charge < -0.3 is 14.6 Å². The van der Waals surface area contributed by atoms with Gasteiger partial charge in [0.1, 0.15) is 5.15 Å². The second-order valence-electron chi connectivity index (χ2n) is 9.26. The molecule has 0 spiro atoms. The van der Waals surface area contributed by atoms with Crippen molar-refractivity contribution in [2.75, 3.05) is 19.7 Å². The van der Waals surface area contributed by atoms with Crippen molar-refractivity contribution in [3.05, 3.63) is 62.5 Å². The van der Waals surface area contributed by atoms with Gasteiger partial charge in [0.15, 0.2) is 0 Å². The quantitative estimate of drug-likeness (QED) is 0.517. The van der Waals surface area contributed by atoms with Crippen molar-refractivity contribution in [3.63, 3.8) is 0 Å². The first kappa shape index (κ1) is 22.2. The van der Waals surface area contributed by atoms with Crippen molar-refractivity contribution in [1.82, 2.24) is 14.5 Å². The third-order valence-electron chi connectivity index (χ3n) is 7.49. The summed E-state index contributed by atoms with van der Waals surface area (Å²) in [6.07, 6.45) is 4.84. The Kier molecular flexibility index (Phi) is 5.60. The predicted octanol–water partition coefficient (Wildman–Crippen LogP) is 4.50. The van der Waals surface area contributed by atoms with Gasteiger partial charge in [0, 0.05) is 61.5 Å². The average Bonchev–Trinajstić information content (AvgIpc) is 3.14. The van der Waals surface area contributed by atoms with E-state index in [1.807, 2.05) is 23.7 Å². The Morgan fingerprint density at radius 1 is 1.21 bits per heavy atom.